The SMILES string of the molecule is CC#CC1(N)[C@@H](O)[C@@H]([C@H](C)OP(=O)(O)OP(=O)(O)OP(=O)(O)O)O[C@H]1n1ccc(N)nc1=O. The summed E-state index contributed by atoms with van der Waals surface area (Å²) in [5.74, 6) is 4.85. The van der Waals surface area contributed by atoms with Crippen molar-refractivity contribution in [2.45, 2.75) is 43.9 Å². The molecule has 0 aliphatic carbocycles. The number of anilines is 1. The lowest BCUT2D eigenvalue weighted by Gasteiger charge is -2.28. The second-order valence-corrected chi connectivity index (χ2v) is 11.0. The number of ether oxygens (including phenoxy) is 1. The number of nitrogens with zero attached hydrogens (tertiary/aromatic N) is 2. The molecule has 20 heteroatoms. The molecule has 1 saturated heterocycles. The summed E-state index contributed by atoms with van der Waals surface area (Å²) in [7, 11) is -16.9. The van der Waals surface area contributed by atoms with Gasteiger partial charge in [0.25, 0.3) is 0 Å². The van der Waals surface area contributed by atoms with Crippen LogP contribution in [-0.4, -0.2) is 58.1 Å². The molecule has 33 heavy (non-hydrogen) atoms. The van der Waals surface area contributed by atoms with Crippen molar-refractivity contribution in [2.24, 2.45) is 5.73 Å². The Morgan fingerprint density at radius 2 is 1.85 bits per heavy atom. The number of nitrogen functional groups attached to an aromatic ring is 1. The number of aliphatic hydroxyl groups excluding tert-OH is 1. The van der Waals surface area contributed by atoms with Crippen LogP contribution in [0.15, 0.2) is 17.1 Å². The molecule has 2 heterocycles. The lowest BCUT2D eigenvalue weighted by molar-refractivity contribution is -0.0754. The predicted molar refractivity (Wildman–Crippen MR) is 108 cm³/mol. The summed E-state index contributed by atoms with van der Waals surface area (Å²) in [5.41, 5.74) is 8.75. The first-order valence-electron chi connectivity index (χ1n) is 8.64. The fraction of sp³-hybridized carbons (Fsp3) is 0.538. The first-order chi connectivity index (χ1) is 14.9. The summed E-state index contributed by atoms with van der Waals surface area (Å²) >= 11 is 0. The highest BCUT2D eigenvalue weighted by Gasteiger charge is 2.57. The Labute approximate surface area is 185 Å². The highest BCUT2D eigenvalue weighted by Crippen LogP contribution is 2.66. The minimum absolute atomic E-state index is 0.114. The molecule has 186 valence electrons. The van der Waals surface area contributed by atoms with Gasteiger partial charge in [-0.1, -0.05) is 5.92 Å². The van der Waals surface area contributed by atoms with E-state index in [1.807, 2.05) is 0 Å². The molecule has 1 aromatic rings. The Kier molecular flexibility index (Phi) is 8.12. The van der Waals surface area contributed by atoms with Crippen molar-refractivity contribution in [1.29, 1.82) is 0 Å². The Morgan fingerprint density at radius 3 is 2.36 bits per heavy atom. The Hall–Kier alpha value is -1.47. The summed E-state index contributed by atoms with van der Waals surface area (Å²) in [6.07, 6.45) is -5.29. The van der Waals surface area contributed by atoms with Crippen LogP contribution in [0.5, 0.6) is 0 Å². The van der Waals surface area contributed by atoms with Crippen molar-refractivity contribution >= 4 is 29.3 Å². The third-order valence-corrected chi connectivity index (χ3v) is 8.05. The molecule has 0 spiro atoms. The molecule has 1 aliphatic heterocycles. The molecule has 1 fully saturated rings. The summed E-state index contributed by atoms with van der Waals surface area (Å²) in [6.45, 7) is 2.45. The zero-order valence-electron chi connectivity index (χ0n) is 16.9. The van der Waals surface area contributed by atoms with Crippen LogP contribution >= 0.6 is 23.5 Å². The largest absolute Gasteiger partial charge is 0.490 e. The van der Waals surface area contributed by atoms with E-state index in [0.717, 1.165) is 17.7 Å². The van der Waals surface area contributed by atoms with Gasteiger partial charge in [0.2, 0.25) is 0 Å². The molecule has 7 atom stereocenters. The quantitative estimate of drug-likeness (QED) is 0.148. The number of hydrogen-bond donors (Lipinski definition) is 7. The lowest BCUT2D eigenvalue weighted by Crippen LogP contribution is -2.55. The first kappa shape index (κ1) is 27.8. The van der Waals surface area contributed by atoms with Crippen LogP contribution in [0.2, 0.25) is 0 Å². The van der Waals surface area contributed by atoms with Crippen LogP contribution in [0.1, 0.15) is 20.1 Å². The minimum Gasteiger partial charge on any atom is -0.387 e. The van der Waals surface area contributed by atoms with Gasteiger partial charge >= 0.3 is 29.2 Å². The van der Waals surface area contributed by atoms with Gasteiger partial charge in [0.15, 0.2) is 11.8 Å². The van der Waals surface area contributed by atoms with Crippen molar-refractivity contribution < 1.29 is 56.3 Å². The fourth-order valence-electron chi connectivity index (χ4n) is 2.94. The molecule has 0 aromatic carbocycles. The normalized spacial score (nSPS) is 30.0. The van der Waals surface area contributed by atoms with E-state index >= 15 is 0 Å². The number of nitrogens with two attached hydrogens (primary N) is 2. The van der Waals surface area contributed by atoms with Gasteiger partial charge in [-0.15, -0.1) is 5.92 Å². The van der Waals surface area contributed by atoms with Gasteiger partial charge in [0.1, 0.15) is 18.0 Å². The van der Waals surface area contributed by atoms with Gasteiger partial charge in [-0.05, 0) is 19.9 Å². The zero-order valence-corrected chi connectivity index (χ0v) is 19.5. The standard InChI is InChI=1S/C13H21N4O13P3/c1-3-5-13(15)10(18)9(27-11(13)17-6-4-8(14)16-12(17)19)7(2)28-32(23,24)30-33(25,26)29-31(20,21)22/h4,6-7,9-11,18H,15H2,1-2H3,(H,23,24)(H,25,26)(H2,14,16,19)(H2,20,21,22)/t7-,9+,10-,11+,13?/m0/s1. The molecule has 1 aromatic heterocycles. The fourth-order valence-corrected chi connectivity index (χ4v) is 6.14. The van der Waals surface area contributed by atoms with Gasteiger partial charge in [0.05, 0.1) is 6.10 Å². The molecular weight excluding hydrogens is 513 g/mol. The van der Waals surface area contributed by atoms with Gasteiger partial charge in [-0.3, -0.25) is 9.09 Å². The van der Waals surface area contributed by atoms with Crippen LogP contribution in [-0.2, 0) is 31.6 Å². The molecule has 0 bridgehead atoms. The Bertz CT molecular complexity index is 1160. The van der Waals surface area contributed by atoms with E-state index in [1.54, 1.807) is 0 Å². The smallest absolute Gasteiger partial charge is 0.387 e. The highest BCUT2D eigenvalue weighted by molar-refractivity contribution is 7.66. The van der Waals surface area contributed by atoms with Gasteiger partial charge in [-0.25, -0.2) is 18.5 Å². The molecule has 0 radical (unpaired) electrons. The van der Waals surface area contributed by atoms with E-state index in [-0.39, 0.29) is 5.82 Å². The molecular formula is C13H21N4O13P3. The second kappa shape index (κ2) is 9.65. The molecule has 3 unspecified atom stereocenters. The lowest BCUT2D eigenvalue weighted by atomic mass is 9.90. The second-order valence-electron chi connectivity index (χ2n) is 6.65. The highest BCUT2D eigenvalue weighted by atomic mass is 31.3. The van der Waals surface area contributed by atoms with Crippen molar-refractivity contribution in [1.82, 2.24) is 9.55 Å². The van der Waals surface area contributed by atoms with Crippen molar-refractivity contribution in [3.05, 3.63) is 22.7 Å². The molecule has 0 saturated carbocycles. The van der Waals surface area contributed by atoms with Gasteiger partial charge in [0, 0.05) is 6.20 Å². The maximum absolute atomic E-state index is 12.2. The third-order valence-electron chi connectivity index (χ3n) is 4.12. The van der Waals surface area contributed by atoms with Crippen molar-refractivity contribution in [3.8, 4) is 11.8 Å². The van der Waals surface area contributed by atoms with Gasteiger partial charge in [-0.2, -0.15) is 13.6 Å². The third kappa shape index (κ3) is 6.78. The Morgan fingerprint density at radius 1 is 1.24 bits per heavy atom. The van der Waals surface area contributed by atoms with Crippen LogP contribution in [0.3, 0.4) is 0 Å². The number of phosphoric ester groups is 1. The average Bonchev–Trinajstić information content (AvgIpc) is 2.83. The number of aliphatic hydroxyl groups is 1. The molecule has 0 amide bonds. The maximum Gasteiger partial charge on any atom is 0.490 e. The van der Waals surface area contributed by atoms with E-state index in [4.69, 9.17) is 26.0 Å². The minimum atomic E-state index is -5.76. The van der Waals surface area contributed by atoms with Crippen LogP contribution < -0.4 is 17.2 Å². The number of aromatic nitrogens is 2. The van der Waals surface area contributed by atoms with Crippen molar-refractivity contribution in [3.63, 3.8) is 0 Å². The Balaban J connectivity index is 2.31. The predicted octanol–water partition coefficient (Wildman–Crippen LogP) is -1.46. The number of phosphoric acid groups is 3. The van der Waals surface area contributed by atoms with Crippen LogP contribution in [0.4, 0.5) is 5.82 Å². The first-order valence-corrected chi connectivity index (χ1v) is 13.2. The summed E-state index contributed by atoms with van der Waals surface area (Å²) in [4.78, 5) is 51.9. The van der Waals surface area contributed by atoms with Crippen LogP contribution in [0.25, 0.3) is 0 Å². The molecule has 17 nitrogen and oxygen atoms in total. The van der Waals surface area contributed by atoms with E-state index in [1.165, 1.54) is 13.0 Å². The summed E-state index contributed by atoms with van der Waals surface area (Å²) < 4.78 is 52.6. The molecule has 1 aliphatic rings. The topological polar surface area (TPSA) is 276 Å². The van der Waals surface area contributed by atoms with E-state index in [2.05, 4.69) is 30.0 Å². The monoisotopic (exact) mass is 534 g/mol. The average molecular weight is 534 g/mol. The van der Waals surface area contributed by atoms with Gasteiger partial charge < -0.3 is 40.9 Å². The summed E-state index contributed by atoms with van der Waals surface area (Å²) in [6, 6.07) is 1.24. The zero-order chi connectivity index (χ0) is 25.4. The van der Waals surface area contributed by atoms with Crippen LogP contribution in [0, 0.1) is 11.8 Å². The maximum atomic E-state index is 12.2. The number of hydrogen-bond acceptors (Lipinski definition) is 12. The van der Waals surface area contributed by atoms with E-state index < -0.39 is 59.2 Å². The molecule has 9 N–H and O–H groups in total. The van der Waals surface area contributed by atoms with Crippen molar-refractivity contribution in [2.75, 3.05) is 5.73 Å². The van der Waals surface area contributed by atoms with E-state index in [9.17, 15) is 33.4 Å². The molecule has 2 rings (SSSR count). The summed E-state index contributed by atoms with van der Waals surface area (Å²) in [5, 5.41) is 10.7. The number of rotatable bonds is 8. The van der Waals surface area contributed by atoms with E-state index in [0.29, 0.717) is 0 Å².